The smallest absolute Gasteiger partial charge is 0.227 e. The van der Waals surface area contributed by atoms with Crippen LogP contribution in [0, 0.1) is 11.8 Å². The van der Waals surface area contributed by atoms with Gasteiger partial charge in [-0.1, -0.05) is 19.9 Å². The fourth-order valence-electron chi connectivity index (χ4n) is 6.46. The predicted molar refractivity (Wildman–Crippen MR) is 92.8 cm³/mol. The number of piperidine rings is 1. The number of anilines is 1. The first-order chi connectivity index (χ1) is 11.9. The lowest BCUT2D eigenvalue weighted by atomic mass is 9.64. The van der Waals surface area contributed by atoms with E-state index in [1.54, 1.807) is 7.11 Å². The van der Waals surface area contributed by atoms with E-state index in [0.717, 1.165) is 17.9 Å². The molecular formula is C20H25NO4. The third kappa shape index (κ3) is 1.56. The molecule has 4 aliphatic rings. The first-order valence-corrected chi connectivity index (χ1v) is 9.17. The van der Waals surface area contributed by atoms with Crippen LogP contribution in [0.15, 0.2) is 18.2 Å². The molecule has 1 aliphatic carbocycles. The van der Waals surface area contributed by atoms with Gasteiger partial charge in [-0.25, -0.2) is 0 Å². The SMILES string of the molecule is COc1ccc2c(c1)N1C(=O)C[C@@H](C)[C@H]3C4(C[C@]2(C)[C@]31C)OCCO4. The van der Waals surface area contributed by atoms with Gasteiger partial charge in [0.2, 0.25) is 5.91 Å². The Hall–Kier alpha value is -1.59. The molecule has 1 saturated carbocycles. The van der Waals surface area contributed by atoms with Gasteiger partial charge in [0.25, 0.3) is 0 Å². The first-order valence-electron chi connectivity index (χ1n) is 9.17. The summed E-state index contributed by atoms with van der Waals surface area (Å²) in [5, 5.41) is 0. The van der Waals surface area contributed by atoms with Crippen LogP contribution in [0.2, 0.25) is 0 Å². The van der Waals surface area contributed by atoms with Gasteiger partial charge in [-0.3, -0.25) is 4.79 Å². The Morgan fingerprint density at radius 3 is 2.64 bits per heavy atom. The van der Waals surface area contributed by atoms with Crippen LogP contribution >= 0.6 is 0 Å². The second kappa shape index (κ2) is 4.57. The summed E-state index contributed by atoms with van der Waals surface area (Å²) < 4.78 is 17.9. The Labute approximate surface area is 148 Å². The summed E-state index contributed by atoms with van der Waals surface area (Å²) in [6.07, 6.45) is 1.32. The van der Waals surface area contributed by atoms with Crippen LogP contribution in [0.3, 0.4) is 0 Å². The predicted octanol–water partition coefficient (Wildman–Crippen LogP) is 2.86. The van der Waals surface area contributed by atoms with E-state index in [1.165, 1.54) is 5.56 Å². The van der Waals surface area contributed by atoms with Crippen LogP contribution in [0.4, 0.5) is 5.69 Å². The second-order valence-electron chi connectivity index (χ2n) is 8.44. The zero-order valence-electron chi connectivity index (χ0n) is 15.3. The Kier molecular flexibility index (Phi) is 2.86. The van der Waals surface area contributed by atoms with E-state index in [4.69, 9.17) is 14.2 Å². The van der Waals surface area contributed by atoms with Crippen molar-refractivity contribution in [1.82, 2.24) is 0 Å². The molecule has 1 aromatic rings. The minimum atomic E-state index is -0.570. The molecule has 5 heteroatoms. The number of benzene rings is 1. The summed E-state index contributed by atoms with van der Waals surface area (Å²) in [6.45, 7) is 7.96. The summed E-state index contributed by atoms with van der Waals surface area (Å²) in [7, 11) is 1.67. The van der Waals surface area contributed by atoms with Crippen molar-refractivity contribution in [2.45, 2.75) is 50.4 Å². The van der Waals surface area contributed by atoms with Gasteiger partial charge in [-0.05, 0) is 24.5 Å². The first kappa shape index (κ1) is 15.6. The van der Waals surface area contributed by atoms with E-state index in [0.29, 0.717) is 19.6 Å². The van der Waals surface area contributed by atoms with Gasteiger partial charge in [0, 0.05) is 30.2 Å². The molecule has 25 heavy (non-hydrogen) atoms. The van der Waals surface area contributed by atoms with Crippen molar-refractivity contribution in [3.63, 3.8) is 0 Å². The third-order valence-electron chi connectivity index (χ3n) is 7.39. The number of fused-ring (bicyclic) bond motifs is 4. The number of hydrogen-bond acceptors (Lipinski definition) is 4. The molecule has 1 amide bonds. The van der Waals surface area contributed by atoms with Gasteiger partial charge in [-0.2, -0.15) is 0 Å². The molecule has 5 rings (SSSR count). The molecule has 3 aliphatic heterocycles. The minimum Gasteiger partial charge on any atom is -0.497 e. The standard InChI is InChI=1S/C20H25NO4/c1-12-9-16(22)21-15-10-13(23-4)5-6-14(15)18(2)11-20(24-7-8-25-20)17(12)19(18,21)3/h5-6,10,12,17H,7-9,11H2,1-4H3/t12-,17-,18+,19+/m1/s1. The summed E-state index contributed by atoms with van der Waals surface area (Å²) >= 11 is 0. The van der Waals surface area contributed by atoms with Crippen molar-refractivity contribution >= 4 is 11.6 Å². The number of nitrogens with zero attached hydrogens (tertiary/aromatic N) is 1. The molecule has 0 radical (unpaired) electrons. The zero-order chi connectivity index (χ0) is 17.6. The third-order valence-corrected chi connectivity index (χ3v) is 7.39. The normalized spacial score (nSPS) is 40.5. The Morgan fingerprint density at radius 2 is 1.96 bits per heavy atom. The molecule has 3 heterocycles. The molecular weight excluding hydrogens is 318 g/mol. The maximum atomic E-state index is 13.1. The highest BCUT2D eigenvalue weighted by Crippen LogP contribution is 2.70. The molecule has 4 atom stereocenters. The van der Waals surface area contributed by atoms with Crippen LogP contribution in [0.1, 0.15) is 39.2 Å². The van der Waals surface area contributed by atoms with E-state index >= 15 is 0 Å². The van der Waals surface area contributed by atoms with E-state index in [1.807, 2.05) is 17.0 Å². The molecule has 0 aromatic heterocycles. The number of rotatable bonds is 1. The molecule has 134 valence electrons. The molecule has 1 spiro atoms. The molecule has 5 nitrogen and oxygen atoms in total. The molecule has 1 aromatic carbocycles. The van der Waals surface area contributed by atoms with Crippen molar-refractivity contribution < 1.29 is 19.0 Å². The zero-order valence-corrected chi connectivity index (χ0v) is 15.3. The second-order valence-corrected chi connectivity index (χ2v) is 8.44. The average molecular weight is 343 g/mol. The lowest BCUT2D eigenvalue weighted by Crippen LogP contribution is -2.64. The molecule has 2 saturated heterocycles. The number of carbonyl (C=O) groups excluding carboxylic acids is 1. The Morgan fingerprint density at radius 1 is 1.24 bits per heavy atom. The van der Waals surface area contributed by atoms with Gasteiger partial charge in [0.1, 0.15) is 5.75 Å². The Balaban J connectivity index is 1.78. The number of hydrogen-bond donors (Lipinski definition) is 0. The van der Waals surface area contributed by atoms with Crippen molar-refractivity contribution in [3.8, 4) is 5.75 Å². The maximum absolute atomic E-state index is 13.1. The van der Waals surface area contributed by atoms with Crippen molar-refractivity contribution in [2.75, 3.05) is 25.2 Å². The monoisotopic (exact) mass is 343 g/mol. The molecule has 0 unspecified atom stereocenters. The lowest BCUT2D eigenvalue weighted by Gasteiger charge is -2.51. The van der Waals surface area contributed by atoms with Crippen molar-refractivity contribution in [3.05, 3.63) is 23.8 Å². The average Bonchev–Trinajstić information content (AvgIpc) is 3.14. The highest BCUT2D eigenvalue weighted by molar-refractivity contribution is 6.00. The summed E-state index contributed by atoms with van der Waals surface area (Å²) in [5.41, 5.74) is 1.66. The lowest BCUT2D eigenvalue weighted by molar-refractivity contribution is -0.202. The molecule has 0 N–H and O–H groups in total. The highest BCUT2D eigenvalue weighted by atomic mass is 16.7. The number of carbonyl (C=O) groups is 1. The van der Waals surface area contributed by atoms with E-state index < -0.39 is 5.79 Å². The number of amides is 1. The van der Waals surface area contributed by atoms with E-state index in [2.05, 4.69) is 26.8 Å². The van der Waals surface area contributed by atoms with Crippen LogP contribution in [-0.4, -0.2) is 37.6 Å². The summed E-state index contributed by atoms with van der Waals surface area (Å²) in [6, 6.07) is 6.13. The van der Waals surface area contributed by atoms with Crippen molar-refractivity contribution in [1.29, 1.82) is 0 Å². The van der Waals surface area contributed by atoms with Crippen molar-refractivity contribution in [2.24, 2.45) is 11.8 Å². The quantitative estimate of drug-likeness (QED) is 0.787. The minimum absolute atomic E-state index is 0.156. The number of methoxy groups -OCH3 is 1. The number of ether oxygens (including phenoxy) is 3. The summed E-state index contributed by atoms with van der Waals surface area (Å²) in [4.78, 5) is 15.2. The van der Waals surface area contributed by atoms with Crippen LogP contribution in [0.25, 0.3) is 0 Å². The highest BCUT2D eigenvalue weighted by Gasteiger charge is 2.77. The summed E-state index contributed by atoms with van der Waals surface area (Å²) in [5.74, 6) is 0.796. The fourth-order valence-corrected chi connectivity index (χ4v) is 6.46. The fraction of sp³-hybridized carbons (Fsp3) is 0.650. The van der Waals surface area contributed by atoms with Crippen LogP contribution < -0.4 is 9.64 Å². The Bertz CT molecular complexity index is 771. The topological polar surface area (TPSA) is 48.0 Å². The van der Waals surface area contributed by atoms with Gasteiger partial charge in [-0.15, -0.1) is 0 Å². The van der Waals surface area contributed by atoms with E-state index in [9.17, 15) is 4.79 Å². The molecule has 3 fully saturated rings. The van der Waals surface area contributed by atoms with Crippen LogP contribution in [0.5, 0.6) is 5.75 Å². The van der Waals surface area contributed by atoms with Gasteiger partial charge in [0.05, 0.1) is 31.5 Å². The van der Waals surface area contributed by atoms with Gasteiger partial charge in [0.15, 0.2) is 5.79 Å². The van der Waals surface area contributed by atoms with E-state index in [-0.39, 0.29) is 28.7 Å². The van der Waals surface area contributed by atoms with Gasteiger partial charge >= 0.3 is 0 Å². The molecule has 0 bridgehead atoms. The maximum Gasteiger partial charge on any atom is 0.227 e. The van der Waals surface area contributed by atoms with Gasteiger partial charge < -0.3 is 19.1 Å². The largest absolute Gasteiger partial charge is 0.497 e. The van der Waals surface area contributed by atoms with Crippen LogP contribution in [-0.2, 0) is 19.7 Å².